The molecule has 2 amide bonds. The van der Waals surface area contributed by atoms with Crippen molar-refractivity contribution in [2.75, 3.05) is 29.6 Å². The first-order valence-corrected chi connectivity index (χ1v) is 7.58. The van der Waals surface area contributed by atoms with Gasteiger partial charge in [-0.15, -0.1) is 0 Å². The number of methoxy groups -OCH3 is 1. The molecule has 0 unspecified atom stereocenters. The molecule has 2 aromatic rings. The van der Waals surface area contributed by atoms with Crippen LogP contribution in [0.25, 0.3) is 0 Å². The van der Waals surface area contributed by atoms with Crippen LogP contribution in [-0.2, 0) is 14.3 Å². The van der Waals surface area contributed by atoms with Crippen molar-refractivity contribution < 1.29 is 19.1 Å². The highest BCUT2D eigenvalue weighted by Gasteiger charge is 2.13. The number of ether oxygens (including phenoxy) is 1. The lowest BCUT2D eigenvalue weighted by molar-refractivity contribution is -0.115. The highest BCUT2D eigenvalue weighted by atomic mass is 16.5. The number of benzene rings is 2. The van der Waals surface area contributed by atoms with Crippen LogP contribution in [0.5, 0.6) is 0 Å². The summed E-state index contributed by atoms with van der Waals surface area (Å²) in [6.07, 6.45) is 0. The van der Waals surface area contributed by atoms with Crippen LogP contribution >= 0.6 is 0 Å². The van der Waals surface area contributed by atoms with Crippen molar-refractivity contribution >= 4 is 34.8 Å². The molecule has 7 heteroatoms. The number of anilines is 3. The van der Waals surface area contributed by atoms with Crippen LogP contribution in [0.4, 0.5) is 17.1 Å². The molecule has 0 saturated heterocycles. The van der Waals surface area contributed by atoms with Crippen molar-refractivity contribution in [3.05, 3.63) is 54.1 Å². The maximum Gasteiger partial charge on any atom is 0.339 e. The lowest BCUT2D eigenvalue weighted by atomic mass is 10.2. The summed E-state index contributed by atoms with van der Waals surface area (Å²) in [5.74, 6) is -0.968. The van der Waals surface area contributed by atoms with Gasteiger partial charge in [-0.25, -0.2) is 4.79 Å². The predicted octanol–water partition coefficient (Wildman–Crippen LogP) is 2.48. The van der Waals surface area contributed by atoms with Crippen molar-refractivity contribution in [1.29, 1.82) is 0 Å². The Morgan fingerprint density at radius 2 is 1.56 bits per heavy atom. The molecule has 3 N–H and O–H groups in total. The maximum absolute atomic E-state index is 12.1. The first-order valence-electron chi connectivity index (χ1n) is 7.58. The summed E-state index contributed by atoms with van der Waals surface area (Å²) in [7, 11) is 1.28. The first kappa shape index (κ1) is 18.0. The van der Waals surface area contributed by atoms with E-state index in [1.807, 2.05) is 0 Å². The van der Waals surface area contributed by atoms with Gasteiger partial charge in [0.05, 0.1) is 24.9 Å². The summed E-state index contributed by atoms with van der Waals surface area (Å²) in [4.78, 5) is 34.7. The molecular weight excluding hydrogens is 322 g/mol. The van der Waals surface area contributed by atoms with Gasteiger partial charge < -0.3 is 20.7 Å². The Labute approximate surface area is 145 Å². The quantitative estimate of drug-likeness (QED) is 0.702. The van der Waals surface area contributed by atoms with Gasteiger partial charge in [0.25, 0.3) is 0 Å². The van der Waals surface area contributed by atoms with E-state index in [2.05, 4.69) is 16.0 Å². The molecule has 0 spiro atoms. The number of carbonyl (C=O) groups is 3. The monoisotopic (exact) mass is 341 g/mol. The van der Waals surface area contributed by atoms with Crippen molar-refractivity contribution in [3.63, 3.8) is 0 Å². The van der Waals surface area contributed by atoms with Gasteiger partial charge in [0.15, 0.2) is 0 Å². The van der Waals surface area contributed by atoms with Gasteiger partial charge in [-0.3, -0.25) is 9.59 Å². The Kier molecular flexibility index (Phi) is 6.11. The van der Waals surface area contributed by atoms with Crippen LogP contribution in [0.2, 0.25) is 0 Å². The minimum atomic E-state index is -0.516. The van der Waals surface area contributed by atoms with Crippen LogP contribution in [0.15, 0.2) is 48.5 Å². The van der Waals surface area contributed by atoms with Crippen molar-refractivity contribution in [1.82, 2.24) is 0 Å². The van der Waals surface area contributed by atoms with E-state index < -0.39 is 5.97 Å². The van der Waals surface area contributed by atoms with E-state index in [-0.39, 0.29) is 23.9 Å². The molecule has 0 saturated carbocycles. The van der Waals surface area contributed by atoms with E-state index in [4.69, 9.17) is 4.74 Å². The molecule has 2 rings (SSSR count). The Morgan fingerprint density at radius 3 is 2.20 bits per heavy atom. The molecule has 0 radical (unpaired) electrons. The van der Waals surface area contributed by atoms with Gasteiger partial charge in [0.1, 0.15) is 0 Å². The number of hydrogen-bond acceptors (Lipinski definition) is 5. The molecular formula is C18H19N3O4. The zero-order valence-electron chi connectivity index (χ0n) is 14.0. The summed E-state index contributed by atoms with van der Waals surface area (Å²) in [5.41, 5.74) is 2.08. The molecule has 0 aliphatic heterocycles. The minimum Gasteiger partial charge on any atom is -0.465 e. The van der Waals surface area contributed by atoms with Gasteiger partial charge in [0, 0.05) is 18.3 Å². The van der Waals surface area contributed by atoms with Crippen LogP contribution in [0.1, 0.15) is 17.3 Å². The van der Waals surface area contributed by atoms with E-state index in [1.54, 1.807) is 48.5 Å². The first-order chi connectivity index (χ1) is 12.0. The molecule has 25 heavy (non-hydrogen) atoms. The average molecular weight is 341 g/mol. The number of para-hydroxylation sites is 1. The molecule has 0 bridgehead atoms. The van der Waals surface area contributed by atoms with Crippen molar-refractivity contribution in [3.8, 4) is 0 Å². The van der Waals surface area contributed by atoms with E-state index >= 15 is 0 Å². The molecule has 0 aliphatic carbocycles. The smallest absolute Gasteiger partial charge is 0.339 e. The SMILES string of the molecule is COC(=O)c1ccccc1NC(=O)CNc1ccc(NC(C)=O)cc1. The van der Waals surface area contributed by atoms with E-state index in [0.717, 1.165) is 5.69 Å². The molecule has 7 nitrogen and oxygen atoms in total. The van der Waals surface area contributed by atoms with Crippen LogP contribution in [-0.4, -0.2) is 31.4 Å². The standard InChI is InChI=1S/C18H19N3O4/c1-12(22)20-14-9-7-13(8-10-14)19-11-17(23)21-16-6-4-3-5-15(16)18(24)25-2/h3-10,19H,11H2,1-2H3,(H,20,22)(H,21,23). The third-order valence-corrected chi connectivity index (χ3v) is 3.26. The van der Waals surface area contributed by atoms with Crippen LogP contribution in [0.3, 0.4) is 0 Å². The molecule has 2 aromatic carbocycles. The Hall–Kier alpha value is -3.35. The molecule has 0 aliphatic rings. The molecule has 0 heterocycles. The Balaban J connectivity index is 1.93. The molecule has 130 valence electrons. The molecule has 0 atom stereocenters. The highest BCUT2D eigenvalue weighted by molar-refractivity contribution is 6.02. The second-order valence-corrected chi connectivity index (χ2v) is 5.20. The molecule has 0 aromatic heterocycles. The van der Waals surface area contributed by atoms with E-state index in [9.17, 15) is 14.4 Å². The van der Waals surface area contributed by atoms with E-state index in [0.29, 0.717) is 11.4 Å². The zero-order chi connectivity index (χ0) is 18.2. The summed E-state index contributed by atoms with van der Waals surface area (Å²) < 4.78 is 4.69. The highest BCUT2D eigenvalue weighted by Crippen LogP contribution is 2.16. The number of rotatable bonds is 6. The van der Waals surface area contributed by atoms with Crippen molar-refractivity contribution in [2.45, 2.75) is 6.92 Å². The van der Waals surface area contributed by atoms with E-state index in [1.165, 1.54) is 14.0 Å². The third kappa shape index (κ3) is 5.35. The van der Waals surface area contributed by atoms with Gasteiger partial charge in [-0.2, -0.15) is 0 Å². The summed E-state index contributed by atoms with van der Waals surface area (Å²) in [6.45, 7) is 1.46. The summed E-state index contributed by atoms with van der Waals surface area (Å²) in [6, 6.07) is 13.6. The number of esters is 1. The fraction of sp³-hybridized carbons (Fsp3) is 0.167. The van der Waals surface area contributed by atoms with Gasteiger partial charge >= 0.3 is 5.97 Å². The number of hydrogen-bond donors (Lipinski definition) is 3. The van der Waals surface area contributed by atoms with Gasteiger partial charge in [-0.05, 0) is 36.4 Å². The summed E-state index contributed by atoms with van der Waals surface area (Å²) >= 11 is 0. The number of amides is 2. The Bertz CT molecular complexity index is 772. The fourth-order valence-corrected chi connectivity index (χ4v) is 2.13. The second-order valence-electron chi connectivity index (χ2n) is 5.20. The minimum absolute atomic E-state index is 0.0228. The maximum atomic E-state index is 12.1. The zero-order valence-corrected chi connectivity index (χ0v) is 14.0. The third-order valence-electron chi connectivity index (χ3n) is 3.26. The lowest BCUT2D eigenvalue weighted by Crippen LogP contribution is -2.23. The topological polar surface area (TPSA) is 96.5 Å². The summed E-state index contributed by atoms with van der Waals surface area (Å²) in [5, 5.41) is 8.30. The number of carbonyl (C=O) groups excluding carboxylic acids is 3. The van der Waals surface area contributed by atoms with Gasteiger partial charge in [0.2, 0.25) is 11.8 Å². The van der Waals surface area contributed by atoms with Crippen LogP contribution in [0, 0.1) is 0 Å². The molecule has 0 fully saturated rings. The fourth-order valence-electron chi connectivity index (χ4n) is 2.13. The van der Waals surface area contributed by atoms with Gasteiger partial charge in [-0.1, -0.05) is 12.1 Å². The normalized spacial score (nSPS) is 9.84. The van der Waals surface area contributed by atoms with Crippen molar-refractivity contribution in [2.24, 2.45) is 0 Å². The Morgan fingerprint density at radius 1 is 0.920 bits per heavy atom. The number of nitrogens with one attached hydrogen (secondary N) is 3. The lowest BCUT2D eigenvalue weighted by Gasteiger charge is -2.11. The second kappa shape index (κ2) is 8.49. The average Bonchev–Trinajstić information content (AvgIpc) is 2.60. The largest absolute Gasteiger partial charge is 0.465 e. The predicted molar refractivity (Wildman–Crippen MR) is 95.6 cm³/mol. The van der Waals surface area contributed by atoms with Crippen LogP contribution < -0.4 is 16.0 Å².